The lowest BCUT2D eigenvalue weighted by Gasteiger charge is -2.14. The van der Waals surface area contributed by atoms with E-state index in [4.69, 9.17) is 28.4 Å². The van der Waals surface area contributed by atoms with Crippen molar-refractivity contribution in [2.75, 3.05) is 42.7 Å². The third kappa shape index (κ3) is 4.86. The number of hydrogen-bond acceptors (Lipinski definition) is 8. The molecule has 2 aromatic rings. The first-order valence-corrected chi connectivity index (χ1v) is 8.86. The summed E-state index contributed by atoms with van der Waals surface area (Å²) in [6, 6.07) is 6.63. The molecule has 162 valence electrons. The van der Waals surface area contributed by atoms with Crippen LogP contribution < -0.4 is 28.4 Å². The Balaban J connectivity index is 2.51. The molecule has 0 spiro atoms. The molecule has 0 radical (unpaired) electrons. The van der Waals surface area contributed by atoms with E-state index >= 15 is 0 Å². The van der Waals surface area contributed by atoms with E-state index in [1.165, 1.54) is 48.7 Å². The molecule has 0 aliphatic carbocycles. The summed E-state index contributed by atoms with van der Waals surface area (Å²) in [5.74, 6) is 2.46. The first-order valence-electron chi connectivity index (χ1n) is 8.86. The average molecular weight is 419 g/mol. The van der Waals surface area contributed by atoms with E-state index in [1.54, 1.807) is 24.3 Å². The van der Waals surface area contributed by atoms with Gasteiger partial charge in [-0.15, -0.1) is 0 Å². The van der Waals surface area contributed by atoms with Gasteiger partial charge in [0.25, 0.3) is 5.70 Å². The number of methoxy groups -OCH3 is 6. The number of rotatable bonds is 10. The molecule has 2 aromatic carbocycles. The summed E-state index contributed by atoms with van der Waals surface area (Å²) in [7, 11) is 8.92. The third-order valence-electron chi connectivity index (χ3n) is 4.36. The van der Waals surface area contributed by atoms with E-state index < -0.39 is 4.92 Å². The van der Waals surface area contributed by atoms with Gasteiger partial charge in [0.1, 0.15) is 0 Å². The maximum absolute atomic E-state index is 11.7. The molecule has 2 rings (SSSR count). The molecule has 30 heavy (non-hydrogen) atoms. The van der Waals surface area contributed by atoms with Gasteiger partial charge in [0.2, 0.25) is 11.5 Å². The molecular weight excluding hydrogens is 394 g/mol. The minimum absolute atomic E-state index is 0.0281. The molecule has 0 aliphatic rings. The number of nitrogens with zero attached hydrogens (tertiary/aromatic N) is 1. The molecule has 0 atom stereocenters. The van der Waals surface area contributed by atoms with Gasteiger partial charge in [0, 0.05) is 6.08 Å². The minimum Gasteiger partial charge on any atom is -0.493 e. The molecule has 9 nitrogen and oxygen atoms in total. The summed E-state index contributed by atoms with van der Waals surface area (Å²) in [6.45, 7) is 0. The van der Waals surface area contributed by atoms with E-state index in [-0.39, 0.29) is 12.1 Å². The van der Waals surface area contributed by atoms with Crippen LogP contribution in [-0.2, 0) is 6.42 Å². The average Bonchev–Trinajstić information content (AvgIpc) is 2.76. The van der Waals surface area contributed by atoms with Crippen molar-refractivity contribution in [3.8, 4) is 34.5 Å². The van der Waals surface area contributed by atoms with Crippen molar-refractivity contribution in [1.82, 2.24) is 0 Å². The number of nitro groups is 1. The van der Waals surface area contributed by atoms with Gasteiger partial charge in [-0.3, -0.25) is 10.1 Å². The van der Waals surface area contributed by atoms with Gasteiger partial charge in [-0.25, -0.2) is 0 Å². The highest BCUT2D eigenvalue weighted by molar-refractivity contribution is 5.63. The predicted octanol–water partition coefficient (Wildman–Crippen LogP) is 3.60. The molecule has 0 aliphatic heterocycles. The van der Waals surface area contributed by atoms with E-state index in [2.05, 4.69) is 0 Å². The number of ether oxygens (including phenoxy) is 6. The van der Waals surface area contributed by atoms with Crippen LogP contribution in [0.25, 0.3) is 6.08 Å². The van der Waals surface area contributed by atoms with Crippen molar-refractivity contribution in [3.63, 3.8) is 0 Å². The molecule has 9 heteroatoms. The molecule has 0 bridgehead atoms. The lowest BCUT2D eigenvalue weighted by Crippen LogP contribution is -2.04. The highest BCUT2D eigenvalue weighted by Crippen LogP contribution is 2.40. The third-order valence-corrected chi connectivity index (χ3v) is 4.36. The Morgan fingerprint density at radius 2 is 1.17 bits per heavy atom. The summed E-state index contributed by atoms with van der Waals surface area (Å²) in [5.41, 5.74) is 1.11. The van der Waals surface area contributed by atoms with Gasteiger partial charge in [-0.2, -0.15) is 0 Å². The van der Waals surface area contributed by atoms with Crippen molar-refractivity contribution >= 4 is 6.08 Å². The first kappa shape index (κ1) is 22.7. The van der Waals surface area contributed by atoms with Crippen LogP contribution in [0.4, 0.5) is 0 Å². The summed E-state index contributed by atoms with van der Waals surface area (Å²) >= 11 is 0. The number of allylic oxidation sites excluding steroid dienone is 1. The Bertz CT molecular complexity index is 889. The Kier molecular flexibility index (Phi) is 7.74. The molecule has 0 saturated heterocycles. The zero-order chi connectivity index (χ0) is 22.3. The standard InChI is InChI=1S/C21H25NO8/c1-25-16-9-13(10-17(26-2)20(16)29-5)7-15(22(23)24)8-14-11-18(27-3)21(30-6)19(12-14)28-4/h7,9-12H,8H2,1-6H3/b15-7-. The summed E-state index contributed by atoms with van der Waals surface area (Å²) < 4.78 is 31.9. The lowest BCUT2D eigenvalue weighted by molar-refractivity contribution is -0.425. The fourth-order valence-electron chi connectivity index (χ4n) is 2.99. The van der Waals surface area contributed by atoms with Crippen LogP contribution in [0.1, 0.15) is 11.1 Å². The topological polar surface area (TPSA) is 98.5 Å². The van der Waals surface area contributed by atoms with Crippen LogP contribution in [0.2, 0.25) is 0 Å². The Morgan fingerprint density at radius 3 is 1.50 bits per heavy atom. The van der Waals surface area contributed by atoms with Crippen molar-refractivity contribution in [2.45, 2.75) is 6.42 Å². The SMILES string of the molecule is COc1cc(/C=C(/Cc2cc(OC)c(OC)c(OC)c2)[N+](=O)[O-])cc(OC)c1OC. The Labute approximate surface area is 174 Å². The van der Waals surface area contributed by atoms with E-state index in [9.17, 15) is 10.1 Å². The molecular formula is C21H25NO8. The molecule has 0 saturated carbocycles. The highest BCUT2D eigenvalue weighted by atomic mass is 16.6. The van der Waals surface area contributed by atoms with Crippen molar-refractivity contribution in [3.05, 3.63) is 51.2 Å². The van der Waals surface area contributed by atoms with Gasteiger partial charge in [-0.05, 0) is 35.4 Å². The van der Waals surface area contributed by atoms with E-state index in [0.717, 1.165) is 0 Å². The lowest BCUT2D eigenvalue weighted by atomic mass is 10.1. The normalized spacial score (nSPS) is 10.9. The molecule has 0 aromatic heterocycles. The van der Waals surface area contributed by atoms with Crippen LogP contribution in [0.5, 0.6) is 34.5 Å². The van der Waals surface area contributed by atoms with Crippen LogP contribution in [-0.4, -0.2) is 47.6 Å². The van der Waals surface area contributed by atoms with Crippen molar-refractivity contribution < 1.29 is 33.3 Å². The number of hydrogen-bond donors (Lipinski definition) is 0. The highest BCUT2D eigenvalue weighted by Gasteiger charge is 2.19. The largest absolute Gasteiger partial charge is 0.493 e. The van der Waals surface area contributed by atoms with Gasteiger partial charge in [0.15, 0.2) is 23.0 Å². The van der Waals surface area contributed by atoms with Crippen LogP contribution in [0.15, 0.2) is 30.0 Å². The van der Waals surface area contributed by atoms with Crippen molar-refractivity contribution in [1.29, 1.82) is 0 Å². The first-order chi connectivity index (χ1) is 14.4. The maximum atomic E-state index is 11.7. The Hall–Kier alpha value is -3.62. The summed E-state index contributed by atoms with van der Waals surface area (Å²) in [6.07, 6.45) is 1.48. The summed E-state index contributed by atoms with van der Waals surface area (Å²) in [4.78, 5) is 11.3. The van der Waals surface area contributed by atoms with E-state index in [1.807, 2.05) is 0 Å². The second kappa shape index (κ2) is 10.2. The predicted molar refractivity (Wildman–Crippen MR) is 111 cm³/mol. The van der Waals surface area contributed by atoms with Gasteiger partial charge < -0.3 is 28.4 Å². The second-order valence-electron chi connectivity index (χ2n) is 6.06. The van der Waals surface area contributed by atoms with Gasteiger partial charge in [-0.1, -0.05) is 0 Å². The summed E-state index contributed by atoms with van der Waals surface area (Å²) in [5, 5.41) is 11.7. The van der Waals surface area contributed by atoms with Gasteiger partial charge in [0.05, 0.1) is 54.0 Å². The number of benzene rings is 2. The molecule has 0 N–H and O–H groups in total. The fraction of sp³-hybridized carbons (Fsp3) is 0.333. The van der Waals surface area contributed by atoms with Crippen LogP contribution >= 0.6 is 0 Å². The maximum Gasteiger partial charge on any atom is 0.251 e. The van der Waals surface area contributed by atoms with E-state index in [0.29, 0.717) is 45.6 Å². The molecule has 0 fully saturated rings. The quantitative estimate of drug-likeness (QED) is 0.426. The Morgan fingerprint density at radius 1 is 0.767 bits per heavy atom. The molecule has 0 unspecified atom stereocenters. The molecule has 0 amide bonds. The van der Waals surface area contributed by atoms with Gasteiger partial charge >= 0.3 is 0 Å². The smallest absolute Gasteiger partial charge is 0.251 e. The zero-order valence-corrected chi connectivity index (χ0v) is 17.8. The van der Waals surface area contributed by atoms with Crippen LogP contribution in [0.3, 0.4) is 0 Å². The van der Waals surface area contributed by atoms with Crippen molar-refractivity contribution in [2.24, 2.45) is 0 Å². The minimum atomic E-state index is -0.438. The molecule has 0 heterocycles. The zero-order valence-electron chi connectivity index (χ0n) is 17.8. The second-order valence-corrected chi connectivity index (χ2v) is 6.06. The monoisotopic (exact) mass is 419 g/mol. The fourth-order valence-corrected chi connectivity index (χ4v) is 2.99. The van der Waals surface area contributed by atoms with Crippen LogP contribution in [0, 0.1) is 10.1 Å².